The second-order valence-corrected chi connectivity index (χ2v) is 6.65. The van der Waals surface area contributed by atoms with Gasteiger partial charge in [-0.15, -0.1) is 0 Å². The number of nitrogens with one attached hydrogen (secondary N) is 1. The number of ether oxygens (including phenoxy) is 1. The lowest BCUT2D eigenvalue weighted by molar-refractivity contribution is 0.0941. The molecule has 140 valence electrons. The van der Waals surface area contributed by atoms with Crippen molar-refractivity contribution in [2.24, 2.45) is 0 Å². The maximum absolute atomic E-state index is 12.3. The minimum absolute atomic E-state index is 0.279. The van der Waals surface area contributed by atoms with E-state index < -0.39 is 0 Å². The highest BCUT2D eigenvalue weighted by atomic mass is 16.6. The van der Waals surface area contributed by atoms with Crippen molar-refractivity contribution < 1.29 is 9.53 Å². The number of amides is 1. The summed E-state index contributed by atoms with van der Waals surface area (Å²) in [6, 6.07) is 11.9. The maximum atomic E-state index is 12.3. The molecule has 3 heterocycles. The number of carbonyl (C=O) groups excluding carboxylic acids is 1. The lowest BCUT2D eigenvalue weighted by atomic mass is 10.2. The van der Waals surface area contributed by atoms with Crippen molar-refractivity contribution in [1.29, 1.82) is 5.26 Å². The van der Waals surface area contributed by atoms with Crippen molar-refractivity contribution in [1.82, 2.24) is 19.8 Å². The number of imidazole rings is 1. The van der Waals surface area contributed by atoms with Gasteiger partial charge in [0, 0.05) is 39.3 Å². The van der Waals surface area contributed by atoms with E-state index in [1.165, 1.54) is 0 Å². The van der Waals surface area contributed by atoms with Crippen LogP contribution in [0.1, 0.15) is 17.1 Å². The molecule has 8 nitrogen and oxygen atoms in total. The number of aromatic nitrogens is 2. The third kappa shape index (κ3) is 3.59. The zero-order valence-electron chi connectivity index (χ0n) is 15.1. The highest BCUT2D eigenvalue weighted by molar-refractivity contribution is 5.68. The Hall–Kier alpha value is -3.05. The van der Waals surface area contributed by atoms with Crippen LogP contribution < -0.4 is 10.2 Å². The number of piperazine rings is 1. The van der Waals surface area contributed by atoms with E-state index in [1.807, 2.05) is 30.3 Å². The lowest BCUT2D eigenvalue weighted by Crippen LogP contribution is -2.49. The van der Waals surface area contributed by atoms with Crippen LogP contribution in [0.15, 0.2) is 30.3 Å². The van der Waals surface area contributed by atoms with Crippen LogP contribution in [0.3, 0.4) is 0 Å². The molecule has 2 aliphatic rings. The molecule has 0 radical (unpaired) electrons. The van der Waals surface area contributed by atoms with Crippen LogP contribution in [-0.4, -0.2) is 53.3 Å². The number of hydrogen-bond acceptors (Lipinski definition) is 6. The molecule has 1 N–H and O–H groups in total. The molecule has 8 heteroatoms. The minimum Gasteiger partial charge on any atom is -0.445 e. The number of nitriles is 1. The molecule has 1 aromatic carbocycles. The maximum Gasteiger partial charge on any atom is 0.410 e. The average molecular weight is 366 g/mol. The third-order valence-electron chi connectivity index (χ3n) is 4.96. The summed E-state index contributed by atoms with van der Waals surface area (Å²) in [6.45, 7) is 5.09. The van der Waals surface area contributed by atoms with E-state index in [1.54, 1.807) is 4.90 Å². The van der Waals surface area contributed by atoms with Crippen LogP contribution in [0.4, 0.5) is 10.6 Å². The van der Waals surface area contributed by atoms with Crippen molar-refractivity contribution >= 4 is 11.9 Å². The predicted octanol–water partition coefficient (Wildman–Crippen LogP) is 1.32. The van der Waals surface area contributed by atoms with Gasteiger partial charge in [0.05, 0.1) is 6.54 Å². The van der Waals surface area contributed by atoms with Gasteiger partial charge in [-0.3, -0.25) is 0 Å². The first-order valence-corrected chi connectivity index (χ1v) is 9.17. The van der Waals surface area contributed by atoms with Crippen molar-refractivity contribution in [2.75, 3.05) is 37.6 Å². The second-order valence-electron chi connectivity index (χ2n) is 6.65. The Kier molecular flexibility index (Phi) is 4.94. The molecule has 2 aliphatic heterocycles. The van der Waals surface area contributed by atoms with Crippen molar-refractivity contribution in [3.63, 3.8) is 0 Å². The lowest BCUT2D eigenvalue weighted by Gasteiger charge is -2.36. The van der Waals surface area contributed by atoms with Gasteiger partial charge in [-0.2, -0.15) is 5.26 Å². The van der Waals surface area contributed by atoms with Gasteiger partial charge in [-0.05, 0) is 5.56 Å². The SMILES string of the molecule is N#Cc1nc2n(c1N1CCN(C(=O)OCc3ccccc3)CC1)CCNC2. The van der Waals surface area contributed by atoms with Crippen molar-refractivity contribution in [2.45, 2.75) is 19.7 Å². The molecule has 1 saturated heterocycles. The smallest absolute Gasteiger partial charge is 0.410 e. The van der Waals surface area contributed by atoms with E-state index in [-0.39, 0.29) is 12.7 Å². The molecule has 0 bridgehead atoms. The summed E-state index contributed by atoms with van der Waals surface area (Å²) in [5.74, 6) is 1.78. The number of carbonyl (C=O) groups is 1. The van der Waals surface area contributed by atoms with E-state index in [9.17, 15) is 10.1 Å². The first kappa shape index (κ1) is 17.4. The van der Waals surface area contributed by atoms with Gasteiger partial charge in [0.15, 0.2) is 5.69 Å². The summed E-state index contributed by atoms with van der Waals surface area (Å²) in [5, 5.41) is 12.7. The Morgan fingerprint density at radius 1 is 1.19 bits per heavy atom. The standard InChI is InChI=1S/C19H22N6O2/c20-12-16-18(25-7-6-21-13-17(25)22-16)23-8-10-24(11-9-23)19(26)27-14-15-4-2-1-3-5-15/h1-5,21H,6-11,13-14H2. The molecule has 1 amide bonds. The number of nitrogens with zero attached hydrogens (tertiary/aromatic N) is 5. The first-order valence-electron chi connectivity index (χ1n) is 9.17. The molecular formula is C19H22N6O2. The molecule has 27 heavy (non-hydrogen) atoms. The Labute approximate surface area is 158 Å². The van der Waals surface area contributed by atoms with Gasteiger partial charge in [0.2, 0.25) is 0 Å². The van der Waals surface area contributed by atoms with Crippen LogP contribution in [0.2, 0.25) is 0 Å². The topological polar surface area (TPSA) is 86.4 Å². The number of benzene rings is 1. The van der Waals surface area contributed by atoms with Crippen LogP contribution in [0, 0.1) is 11.3 Å². The third-order valence-corrected chi connectivity index (χ3v) is 4.96. The zero-order chi connectivity index (χ0) is 18.6. The summed E-state index contributed by atoms with van der Waals surface area (Å²) in [6.07, 6.45) is -0.293. The molecule has 0 saturated carbocycles. The number of fused-ring (bicyclic) bond motifs is 1. The molecule has 0 aliphatic carbocycles. The van der Waals surface area contributed by atoms with Crippen molar-refractivity contribution in [3.05, 3.63) is 47.4 Å². The predicted molar refractivity (Wildman–Crippen MR) is 99.1 cm³/mol. The first-order chi connectivity index (χ1) is 13.3. The number of hydrogen-bond donors (Lipinski definition) is 1. The Balaban J connectivity index is 1.37. The van der Waals surface area contributed by atoms with Gasteiger partial charge in [0.25, 0.3) is 0 Å². The summed E-state index contributed by atoms with van der Waals surface area (Å²) in [7, 11) is 0. The summed E-state index contributed by atoms with van der Waals surface area (Å²) in [5.41, 5.74) is 1.44. The molecule has 0 unspecified atom stereocenters. The highest BCUT2D eigenvalue weighted by Crippen LogP contribution is 2.25. The van der Waals surface area contributed by atoms with E-state index in [2.05, 4.69) is 25.8 Å². The Bertz CT molecular complexity index is 849. The largest absolute Gasteiger partial charge is 0.445 e. The number of rotatable bonds is 3. The van der Waals surface area contributed by atoms with E-state index in [0.717, 1.165) is 30.3 Å². The zero-order valence-corrected chi connectivity index (χ0v) is 15.1. The highest BCUT2D eigenvalue weighted by Gasteiger charge is 2.28. The van der Waals surface area contributed by atoms with Crippen molar-refractivity contribution in [3.8, 4) is 6.07 Å². The molecule has 4 rings (SSSR count). The van der Waals surface area contributed by atoms with Gasteiger partial charge < -0.3 is 24.4 Å². The summed E-state index contributed by atoms with van der Waals surface area (Å²) in [4.78, 5) is 20.7. The Morgan fingerprint density at radius 2 is 1.96 bits per heavy atom. The van der Waals surface area contributed by atoms with E-state index in [4.69, 9.17) is 4.74 Å². The van der Waals surface area contributed by atoms with Gasteiger partial charge in [-0.1, -0.05) is 30.3 Å². The van der Waals surface area contributed by atoms with Crippen LogP contribution in [-0.2, 0) is 24.4 Å². The fraction of sp³-hybridized carbons (Fsp3) is 0.421. The molecule has 1 aromatic heterocycles. The fourth-order valence-electron chi connectivity index (χ4n) is 3.56. The molecule has 2 aromatic rings. The van der Waals surface area contributed by atoms with Gasteiger partial charge >= 0.3 is 6.09 Å². The summed E-state index contributed by atoms with van der Waals surface area (Å²) >= 11 is 0. The molecule has 1 fully saturated rings. The summed E-state index contributed by atoms with van der Waals surface area (Å²) < 4.78 is 7.54. The van der Waals surface area contributed by atoms with Gasteiger partial charge in [-0.25, -0.2) is 9.78 Å². The van der Waals surface area contributed by atoms with E-state index >= 15 is 0 Å². The fourth-order valence-corrected chi connectivity index (χ4v) is 3.56. The van der Waals surface area contributed by atoms with Crippen LogP contribution >= 0.6 is 0 Å². The molecule has 0 spiro atoms. The average Bonchev–Trinajstić information content (AvgIpc) is 3.11. The second kappa shape index (κ2) is 7.68. The molecular weight excluding hydrogens is 344 g/mol. The normalized spacial score (nSPS) is 16.6. The quantitative estimate of drug-likeness (QED) is 0.882. The number of anilines is 1. The minimum atomic E-state index is -0.293. The van der Waals surface area contributed by atoms with E-state index in [0.29, 0.717) is 38.4 Å². The van der Waals surface area contributed by atoms with Crippen LogP contribution in [0.5, 0.6) is 0 Å². The molecule has 0 atom stereocenters. The van der Waals surface area contributed by atoms with Gasteiger partial charge in [0.1, 0.15) is 24.3 Å². The monoisotopic (exact) mass is 366 g/mol. The van der Waals surface area contributed by atoms with Crippen LogP contribution in [0.25, 0.3) is 0 Å². The Morgan fingerprint density at radius 3 is 2.70 bits per heavy atom.